The highest BCUT2D eigenvalue weighted by Crippen LogP contribution is 2.22. The van der Waals surface area contributed by atoms with Crippen LogP contribution in [0.5, 0.6) is 0 Å². The van der Waals surface area contributed by atoms with E-state index in [0.29, 0.717) is 25.4 Å². The molecule has 0 bridgehead atoms. The van der Waals surface area contributed by atoms with Crippen molar-refractivity contribution >= 4 is 5.78 Å². The maximum absolute atomic E-state index is 11.8. The summed E-state index contributed by atoms with van der Waals surface area (Å²) in [5.74, 6) is 0.415. The minimum Gasteiger partial charge on any atom is -0.380 e. The second-order valence-corrected chi connectivity index (χ2v) is 5.87. The Kier molecular flexibility index (Phi) is 3.85. The van der Waals surface area contributed by atoms with Crippen LogP contribution in [-0.4, -0.2) is 55.2 Å². The third kappa shape index (κ3) is 3.50. The molecule has 4 heteroatoms. The summed E-state index contributed by atoms with van der Waals surface area (Å²) in [7, 11) is 0. The average molecular weight is 241 g/mol. The molecule has 0 aliphatic carbocycles. The molecule has 2 aliphatic heterocycles. The molecule has 98 valence electrons. The molecule has 2 heterocycles. The quantitative estimate of drug-likeness (QED) is 0.725. The third-order valence-corrected chi connectivity index (χ3v) is 3.39. The lowest BCUT2D eigenvalue weighted by atomic mass is 9.98. The third-order valence-electron chi connectivity index (χ3n) is 3.39. The topological polar surface area (TPSA) is 38.8 Å². The van der Waals surface area contributed by atoms with Gasteiger partial charge in [0.2, 0.25) is 0 Å². The highest BCUT2D eigenvalue weighted by molar-refractivity contribution is 5.82. The van der Waals surface area contributed by atoms with Crippen LogP contribution in [0.4, 0.5) is 0 Å². The number of carbonyl (C=O) groups is 1. The Hall–Kier alpha value is -0.450. The van der Waals surface area contributed by atoms with Gasteiger partial charge in [-0.25, -0.2) is 0 Å². The molecule has 2 rings (SSSR count). The maximum Gasteiger partial charge on any atom is 0.141 e. The van der Waals surface area contributed by atoms with E-state index in [1.54, 1.807) is 0 Å². The van der Waals surface area contributed by atoms with E-state index in [2.05, 4.69) is 25.7 Å². The molecule has 2 aliphatic rings. The van der Waals surface area contributed by atoms with Crippen LogP contribution in [0.3, 0.4) is 0 Å². The Morgan fingerprint density at radius 3 is 2.88 bits per heavy atom. The lowest BCUT2D eigenvalue weighted by molar-refractivity contribution is -0.143. The lowest BCUT2D eigenvalue weighted by Gasteiger charge is -2.43. The van der Waals surface area contributed by atoms with E-state index in [4.69, 9.17) is 9.47 Å². The van der Waals surface area contributed by atoms with E-state index >= 15 is 0 Å². The fraction of sp³-hybridized carbons (Fsp3) is 0.923. The zero-order chi connectivity index (χ0) is 12.5. The SMILES string of the molecule is CC1CN(CC2COCCC2=O)CC(C)(C)O1. The van der Waals surface area contributed by atoms with E-state index in [9.17, 15) is 4.79 Å². The van der Waals surface area contributed by atoms with E-state index in [-0.39, 0.29) is 17.6 Å². The summed E-state index contributed by atoms with van der Waals surface area (Å²) in [5, 5.41) is 0. The normalized spacial score (nSPS) is 34.9. The zero-order valence-corrected chi connectivity index (χ0v) is 11.1. The van der Waals surface area contributed by atoms with Crippen LogP contribution in [0.25, 0.3) is 0 Å². The largest absolute Gasteiger partial charge is 0.380 e. The predicted octanol–water partition coefficient (Wildman–Crippen LogP) is 1.09. The van der Waals surface area contributed by atoms with Gasteiger partial charge in [0.05, 0.1) is 30.8 Å². The summed E-state index contributed by atoms with van der Waals surface area (Å²) in [6, 6.07) is 0. The number of hydrogen-bond donors (Lipinski definition) is 0. The first kappa shape index (κ1) is 13.0. The van der Waals surface area contributed by atoms with Gasteiger partial charge in [0.1, 0.15) is 5.78 Å². The van der Waals surface area contributed by atoms with Crippen molar-refractivity contribution < 1.29 is 14.3 Å². The van der Waals surface area contributed by atoms with Crippen LogP contribution in [0.1, 0.15) is 27.2 Å². The standard InChI is InChI=1S/C13H23NO3/c1-10-6-14(9-13(2,3)17-10)7-11-8-16-5-4-12(11)15/h10-11H,4-9H2,1-3H3. The molecular formula is C13H23NO3. The van der Waals surface area contributed by atoms with Gasteiger partial charge in [-0.15, -0.1) is 0 Å². The minimum absolute atomic E-state index is 0.0600. The lowest BCUT2D eigenvalue weighted by Crippen LogP contribution is -2.54. The molecule has 2 atom stereocenters. The number of ketones is 1. The van der Waals surface area contributed by atoms with Crippen molar-refractivity contribution in [3.05, 3.63) is 0 Å². The van der Waals surface area contributed by atoms with Gasteiger partial charge in [-0.05, 0) is 20.8 Å². The van der Waals surface area contributed by atoms with Crippen LogP contribution < -0.4 is 0 Å². The van der Waals surface area contributed by atoms with Crippen molar-refractivity contribution in [1.82, 2.24) is 4.90 Å². The van der Waals surface area contributed by atoms with E-state index in [0.717, 1.165) is 19.6 Å². The van der Waals surface area contributed by atoms with Crippen molar-refractivity contribution in [1.29, 1.82) is 0 Å². The second-order valence-electron chi connectivity index (χ2n) is 5.87. The Labute approximate surface area is 103 Å². The molecule has 0 aromatic carbocycles. The Morgan fingerprint density at radius 2 is 2.24 bits per heavy atom. The number of morpholine rings is 1. The van der Waals surface area contributed by atoms with Crippen LogP contribution in [0, 0.1) is 5.92 Å². The smallest absolute Gasteiger partial charge is 0.141 e. The molecule has 0 saturated carbocycles. The van der Waals surface area contributed by atoms with Gasteiger partial charge in [-0.2, -0.15) is 0 Å². The number of nitrogens with zero attached hydrogens (tertiary/aromatic N) is 1. The molecule has 0 radical (unpaired) electrons. The van der Waals surface area contributed by atoms with Crippen LogP contribution in [-0.2, 0) is 14.3 Å². The molecule has 0 aromatic rings. The Balaban J connectivity index is 1.91. The fourth-order valence-corrected chi connectivity index (χ4v) is 2.89. The molecule has 0 amide bonds. The molecule has 2 fully saturated rings. The summed E-state index contributed by atoms with van der Waals surface area (Å²) >= 11 is 0. The van der Waals surface area contributed by atoms with Gasteiger partial charge in [0.25, 0.3) is 0 Å². The molecule has 0 spiro atoms. The van der Waals surface area contributed by atoms with Gasteiger partial charge in [0, 0.05) is 26.1 Å². The van der Waals surface area contributed by atoms with Crippen molar-refractivity contribution in [2.75, 3.05) is 32.8 Å². The van der Waals surface area contributed by atoms with E-state index < -0.39 is 0 Å². The first-order valence-corrected chi connectivity index (χ1v) is 6.47. The van der Waals surface area contributed by atoms with Crippen molar-refractivity contribution in [2.45, 2.75) is 38.9 Å². The monoisotopic (exact) mass is 241 g/mol. The minimum atomic E-state index is -0.115. The van der Waals surface area contributed by atoms with Crippen LogP contribution in [0.15, 0.2) is 0 Å². The molecular weight excluding hydrogens is 218 g/mol. The summed E-state index contributed by atoms with van der Waals surface area (Å²) in [5.41, 5.74) is -0.115. The van der Waals surface area contributed by atoms with Crippen LogP contribution >= 0.6 is 0 Å². The van der Waals surface area contributed by atoms with Gasteiger partial charge in [-0.1, -0.05) is 0 Å². The second kappa shape index (κ2) is 5.04. The summed E-state index contributed by atoms with van der Waals surface area (Å²) in [4.78, 5) is 14.1. The molecule has 17 heavy (non-hydrogen) atoms. The Morgan fingerprint density at radius 1 is 1.47 bits per heavy atom. The number of ether oxygens (including phenoxy) is 2. The molecule has 4 nitrogen and oxygen atoms in total. The molecule has 0 N–H and O–H groups in total. The summed E-state index contributed by atoms with van der Waals surface area (Å²) in [6.45, 7) is 10.1. The average Bonchev–Trinajstić information content (AvgIpc) is 2.18. The number of carbonyl (C=O) groups excluding carboxylic acids is 1. The fourth-order valence-electron chi connectivity index (χ4n) is 2.89. The zero-order valence-electron chi connectivity index (χ0n) is 11.1. The molecule has 0 aromatic heterocycles. The molecule has 2 unspecified atom stereocenters. The maximum atomic E-state index is 11.8. The number of hydrogen-bond acceptors (Lipinski definition) is 4. The van der Waals surface area contributed by atoms with Gasteiger partial charge >= 0.3 is 0 Å². The molecule has 2 saturated heterocycles. The van der Waals surface area contributed by atoms with Gasteiger partial charge < -0.3 is 9.47 Å². The van der Waals surface area contributed by atoms with Crippen LogP contribution in [0.2, 0.25) is 0 Å². The summed E-state index contributed by atoms with van der Waals surface area (Å²) in [6.07, 6.45) is 0.812. The van der Waals surface area contributed by atoms with Crippen molar-refractivity contribution in [2.24, 2.45) is 5.92 Å². The highest BCUT2D eigenvalue weighted by atomic mass is 16.5. The van der Waals surface area contributed by atoms with Gasteiger partial charge in [-0.3, -0.25) is 9.69 Å². The highest BCUT2D eigenvalue weighted by Gasteiger charge is 2.34. The first-order chi connectivity index (χ1) is 7.96. The van der Waals surface area contributed by atoms with E-state index in [1.165, 1.54) is 0 Å². The predicted molar refractivity (Wildman–Crippen MR) is 65.0 cm³/mol. The van der Waals surface area contributed by atoms with Gasteiger partial charge in [0.15, 0.2) is 0 Å². The number of Topliss-reactive ketones (excluding diaryl/α,β-unsaturated/α-hetero) is 1. The van der Waals surface area contributed by atoms with E-state index in [1.807, 2.05) is 0 Å². The number of rotatable bonds is 2. The first-order valence-electron chi connectivity index (χ1n) is 6.47. The summed E-state index contributed by atoms with van der Waals surface area (Å²) < 4.78 is 11.3. The van der Waals surface area contributed by atoms with Crippen molar-refractivity contribution in [3.8, 4) is 0 Å². The van der Waals surface area contributed by atoms with Crippen molar-refractivity contribution in [3.63, 3.8) is 0 Å². The Bertz CT molecular complexity index is 290.